The summed E-state index contributed by atoms with van der Waals surface area (Å²) in [5.41, 5.74) is 1.14. The molecule has 1 aromatic carbocycles. The minimum absolute atomic E-state index is 0.201. The van der Waals surface area contributed by atoms with Gasteiger partial charge in [-0.1, -0.05) is 17.6 Å². The van der Waals surface area contributed by atoms with E-state index in [1.54, 1.807) is 24.5 Å². The number of likely N-dealkylation sites (tertiary alicyclic amines) is 1. The van der Waals surface area contributed by atoms with Crippen LogP contribution in [0.1, 0.15) is 40.7 Å². The summed E-state index contributed by atoms with van der Waals surface area (Å²) in [6.45, 7) is 2.71. The lowest BCUT2D eigenvalue weighted by molar-refractivity contribution is 0.0917. The number of aromatic nitrogens is 1. The Morgan fingerprint density at radius 3 is 2.72 bits per heavy atom. The SMILES string of the molecule is COc1ccc(-c2cc(C(=O)NCC(c3cccs3)N3CCCCC3)no2)cc1. The highest BCUT2D eigenvalue weighted by atomic mass is 32.1. The lowest BCUT2D eigenvalue weighted by Crippen LogP contribution is -2.40. The fourth-order valence-corrected chi connectivity index (χ4v) is 4.53. The molecule has 0 saturated carbocycles. The van der Waals surface area contributed by atoms with Crippen molar-refractivity contribution < 1.29 is 14.1 Å². The van der Waals surface area contributed by atoms with Crippen LogP contribution in [0.15, 0.2) is 52.4 Å². The summed E-state index contributed by atoms with van der Waals surface area (Å²) in [7, 11) is 1.62. The van der Waals surface area contributed by atoms with Gasteiger partial charge in [0.05, 0.1) is 13.2 Å². The van der Waals surface area contributed by atoms with Crippen LogP contribution in [0.3, 0.4) is 0 Å². The second kappa shape index (κ2) is 9.24. The number of thiophene rings is 1. The van der Waals surface area contributed by atoms with Gasteiger partial charge in [-0.05, 0) is 61.6 Å². The second-order valence-corrected chi connectivity index (χ2v) is 8.12. The second-order valence-electron chi connectivity index (χ2n) is 7.14. The van der Waals surface area contributed by atoms with Gasteiger partial charge in [0.25, 0.3) is 5.91 Å². The highest BCUT2D eigenvalue weighted by molar-refractivity contribution is 7.10. The van der Waals surface area contributed by atoms with Crippen molar-refractivity contribution in [2.24, 2.45) is 0 Å². The summed E-state index contributed by atoms with van der Waals surface area (Å²) in [5.74, 6) is 1.11. The smallest absolute Gasteiger partial charge is 0.273 e. The highest BCUT2D eigenvalue weighted by Crippen LogP contribution is 2.28. The third-order valence-electron chi connectivity index (χ3n) is 5.28. The zero-order chi connectivity index (χ0) is 20.1. The monoisotopic (exact) mass is 411 g/mol. The lowest BCUT2D eigenvalue weighted by Gasteiger charge is -2.34. The molecule has 6 nitrogen and oxygen atoms in total. The maximum absolute atomic E-state index is 12.7. The molecule has 0 bridgehead atoms. The van der Waals surface area contributed by atoms with E-state index in [4.69, 9.17) is 9.26 Å². The number of piperidine rings is 1. The van der Waals surface area contributed by atoms with Crippen LogP contribution in [0.25, 0.3) is 11.3 Å². The fourth-order valence-electron chi connectivity index (χ4n) is 3.67. The number of methoxy groups -OCH3 is 1. The normalized spacial score (nSPS) is 15.8. The molecule has 3 heterocycles. The van der Waals surface area contributed by atoms with Gasteiger partial charge >= 0.3 is 0 Å². The molecule has 0 aliphatic carbocycles. The van der Waals surface area contributed by atoms with Gasteiger partial charge in [-0.3, -0.25) is 9.69 Å². The van der Waals surface area contributed by atoms with E-state index in [1.807, 2.05) is 24.3 Å². The molecule has 0 radical (unpaired) electrons. The number of nitrogens with one attached hydrogen (secondary N) is 1. The summed E-state index contributed by atoms with van der Waals surface area (Å²) < 4.78 is 10.6. The predicted molar refractivity (Wildman–Crippen MR) is 113 cm³/mol. The van der Waals surface area contributed by atoms with Crippen molar-refractivity contribution in [2.45, 2.75) is 25.3 Å². The summed E-state index contributed by atoms with van der Waals surface area (Å²) in [6.07, 6.45) is 3.71. The molecule has 1 aliphatic rings. The molecule has 1 fully saturated rings. The molecule has 2 aromatic heterocycles. The Morgan fingerprint density at radius 2 is 2.03 bits per heavy atom. The standard InChI is InChI=1S/C22H25N3O3S/c1-27-17-9-7-16(8-10-17)20-14-18(24-28-20)22(26)23-15-19(21-6-5-13-29-21)25-11-3-2-4-12-25/h5-10,13-14,19H,2-4,11-12,15H2,1H3,(H,23,26). The van der Waals surface area contributed by atoms with E-state index >= 15 is 0 Å². The summed E-state index contributed by atoms with van der Waals surface area (Å²) >= 11 is 1.74. The number of hydrogen-bond acceptors (Lipinski definition) is 6. The van der Waals surface area contributed by atoms with E-state index in [0.29, 0.717) is 18.0 Å². The van der Waals surface area contributed by atoms with Crippen LogP contribution in [0.4, 0.5) is 0 Å². The fraction of sp³-hybridized carbons (Fsp3) is 0.364. The van der Waals surface area contributed by atoms with E-state index in [9.17, 15) is 4.79 Å². The Hall–Kier alpha value is -2.64. The molecule has 3 aromatic rings. The van der Waals surface area contributed by atoms with Gasteiger partial charge in [0.1, 0.15) is 5.75 Å². The first-order chi connectivity index (χ1) is 14.2. The van der Waals surface area contributed by atoms with Crippen molar-refractivity contribution in [1.82, 2.24) is 15.4 Å². The quantitative estimate of drug-likeness (QED) is 0.625. The van der Waals surface area contributed by atoms with E-state index in [2.05, 4.69) is 32.9 Å². The average molecular weight is 412 g/mol. The Morgan fingerprint density at radius 1 is 1.24 bits per heavy atom. The molecule has 1 aliphatic heterocycles. The third kappa shape index (κ3) is 4.68. The number of carbonyl (C=O) groups is 1. The van der Waals surface area contributed by atoms with E-state index in [1.165, 1.54) is 24.1 Å². The molecule has 29 heavy (non-hydrogen) atoms. The summed E-state index contributed by atoms with van der Waals surface area (Å²) in [5, 5.41) is 9.10. The van der Waals surface area contributed by atoms with Crippen LogP contribution >= 0.6 is 11.3 Å². The van der Waals surface area contributed by atoms with E-state index < -0.39 is 0 Å². The largest absolute Gasteiger partial charge is 0.497 e. The van der Waals surface area contributed by atoms with Crippen molar-refractivity contribution in [3.05, 3.63) is 58.4 Å². The van der Waals surface area contributed by atoms with Crippen molar-refractivity contribution >= 4 is 17.2 Å². The minimum atomic E-state index is -0.216. The van der Waals surface area contributed by atoms with Gasteiger partial charge in [0.15, 0.2) is 11.5 Å². The number of carbonyl (C=O) groups excluding carboxylic acids is 1. The number of nitrogens with zero attached hydrogens (tertiary/aromatic N) is 2. The van der Waals surface area contributed by atoms with Gasteiger partial charge in [0.2, 0.25) is 0 Å². The molecule has 1 atom stereocenters. The molecule has 7 heteroatoms. The van der Waals surface area contributed by atoms with Gasteiger partial charge in [-0.15, -0.1) is 11.3 Å². The van der Waals surface area contributed by atoms with Crippen molar-refractivity contribution in [3.8, 4) is 17.1 Å². The molecule has 1 amide bonds. The van der Waals surface area contributed by atoms with E-state index in [0.717, 1.165) is 24.4 Å². The Kier molecular flexibility index (Phi) is 6.27. The van der Waals surface area contributed by atoms with Gasteiger partial charge in [-0.25, -0.2) is 0 Å². The first-order valence-electron chi connectivity index (χ1n) is 9.91. The molecular formula is C22H25N3O3S. The van der Waals surface area contributed by atoms with Crippen LogP contribution in [0, 0.1) is 0 Å². The molecule has 1 saturated heterocycles. The zero-order valence-corrected chi connectivity index (χ0v) is 17.3. The molecular weight excluding hydrogens is 386 g/mol. The van der Waals surface area contributed by atoms with Crippen molar-refractivity contribution in [1.29, 1.82) is 0 Å². The Bertz CT molecular complexity index is 915. The van der Waals surface area contributed by atoms with Crippen LogP contribution in [-0.4, -0.2) is 42.7 Å². The summed E-state index contributed by atoms with van der Waals surface area (Å²) in [6, 6.07) is 13.6. The Balaban J connectivity index is 1.42. The maximum atomic E-state index is 12.7. The van der Waals surface area contributed by atoms with Crippen LogP contribution in [0.2, 0.25) is 0 Å². The topological polar surface area (TPSA) is 67.6 Å². The van der Waals surface area contributed by atoms with Crippen molar-refractivity contribution in [2.75, 3.05) is 26.7 Å². The number of rotatable bonds is 7. The predicted octanol–water partition coefficient (Wildman–Crippen LogP) is 4.37. The van der Waals surface area contributed by atoms with Gasteiger partial charge < -0.3 is 14.6 Å². The first kappa shape index (κ1) is 19.7. The van der Waals surface area contributed by atoms with Gasteiger partial charge in [0, 0.05) is 23.1 Å². The Labute approximate surface area is 174 Å². The molecule has 1 unspecified atom stereocenters. The zero-order valence-electron chi connectivity index (χ0n) is 16.5. The number of ether oxygens (including phenoxy) is 1. The number of benzene rings is 1. The third-order valence-corrected chi connectivity index (χ3v) is 6.25. The number of amides is 1. The van der Waals surface area contributed by atoms with E-state index in [-0.39, 0.29) is 11.9 Å². The minimum Gasteiger partial charge on any atom is -0.497 e. The van der Waals surface area contributed by atoms with Crippen LogP contribution in [0.5, 0.6) is 5.75 Å². The van der Waals surface area contributed by atoms with Crippen LogP contribution < -0.4 is 10.1 Å². The molecule has 4 rings (SSSR count). The molecule has 1 N–H and O–H groups in total. The number of hydrogen-bond donors (Lipinski definition) is 1. The molecule has 152 valence electrons. The lowest BCUT2D eigenvalue weighted by atomic mass is 10.1. The first-order valence-corrected chi connectivity index (χ1v) is 10.8. The average Bonchev–Trinajstić information content (AvgIpc) is 3.47. The summed E-state index contributed by atoms with van der Waals surface area (Å²) in [4.78, 5) is 16.4. The maximum Gasteiger partial charge on any atom is 0.273 e. The highest BCUT2D eigenvalue weighted by Gasteiger charge is 2.24. The van der Waals surface area contributed by atoms with Gasteiger partial charge in [-0.2, -0.15) is 0 Å². The van der Waals surface area contributed by atoms with Crippen LogP contribution in [-0.2, 0) is 0 Å². The molecule has 0 spiro atoms. The van der Waals surface area contributed by atoms with Crippen molar-refractivity contribution in [3.63, 3.8) is 0 Å².